The molecule has 0 saturated carbocycles. The summed E-state index contributed by atoms with van der Waals surface area (Å²) in [6, 6.07) is 10.5. The first kappa shape index (κ1) is 15.2. The molecule has 2 rings (SSSR count). The van der Waals surface area contributed by atoms with Crippen molar-refractivity contribution in [1.29, 1.82) is 0 Å². The first-order valence-corrected chi connectivity index (χ1v) is 8.02. The van der Waals surface area contributed by atoms with Crippen LogP contribution in [0.25, 0.3) is 0 Å². The van der Waals surface area contributed by atoms with E-state index in [1.165, 1.54) is 5.56 Å². The van der Waals surface area contributed by atoms with Crippen molar-refractivity contribution in [3.8, 4) is 0 Å². The van der Waals surface area contributed by atoms with Crippen molar-refractivity contribution in [2.24, 2.45) is 0 Å². The maximum atomic E-state index is 5.68. The standard InChI is InChI=1S/C16H22N2OS/c1-2-17-11-16-18-15(13-20-16)12-19-10-6-9-14-7-4-3-5-8-14/h3-5,7-8,13,17H,2,6,9-12H2,1H3. The van der Waals surface area contributed by atoms with E-state index in [0.29, 0.717) is 6.61 Å². The van der Waals surface area contributed by atoms with Crippen LogP contribution in [0, 0.1) is 0 Å². The van der Waals surface area contributed by atoms with Crippen LogP contribution in [0.2, 0.25) is 0 Å². The number of nitrogens with one attached hydrogen (secondary N) is 1. The molecule has 0 aliphatic heterocycles. The van der Waals surface area contributed by atoms with Gasteiger partial charge in [0.05, 0.1) is 12.3 Å². The molecule has 1 aromatic carbocycles. The molecular weight excluding hydrogens is 268 g/mol. The highest BCUT2D eigenvalue weighted by atomic mass is 32.1. The summed E-state index contributed by atoms with van der Waals surface area (Å²) < 4.78 is 5.68. The van der Waals surface area contributed by atoms with Gasteiger partial charge in [-0.15, -0.1) is 11.3 Å². The van der Waals surface area contributed by atoms with Crippen molar-refractivity contribution >= 4 is 11.3 Å². The molecule has 108 valence electrons. The van der Waals surface area contributed by atoms with Crippen LogP contribution in [0.15, 0.2) is 35.7 Å². The van der Waals surface area contributed by atoms with Gasteiger partial charge in [0.15, 0.2) is 0 Å². The Morgan fingerprint density at radius 1 is 1.25 bits per heavy atom. The van der Waals surface area contributed by atoms with Gasteiger partial charge in [-0.2, -0.15) is 0 Å². The average Bonchev–Trinajstić information content (AvgIpc) is 2.94. The van der Waals surface area contributed by atoms with Crippen LogP contribution >= 0.6 is 11.3 Å². The summed E-state index contributed by atoms with van der Waals surface area (Å²) in [7, 11) is 0. The minimum atomic E-state index is 0.622. The molecule has 0 spiro atoms. The summed E-state index contributed by atoms with van der Waals surface area (Å²) in [5, 5.41) is 6.50. The minimum Gasteiger partial charge on any atom is -0.375 e. The van der Waals surface area contributed by atoms with Gasteiger partial charge < -0.3 is 10.1 Å². The summed E-state index contributed by atoms with van der Waals surface area (Å²) in [5.41, 5.74) is 2.42. The molecule has 1 N–H and O–H groups in total. The largest absolute Gasteiger partial charge is 0.375 e. The van der Waals surface area contributed by atoms with E-state index in [2.05, 4.69) is 46.9 Å². The molecule has 20 heavy (non-hydrogen) atoms. The summed E-state index contributed by atoms with van der Waals surface area (Å²) in [5.74, 6) is 0. The van der Waals surface area contributed by atoms with Crippen molar-refractivity contribution in [1.82, 2.24) is 10.3 Å². The predicted octanol–water partition coefficient (Wildman–Crippen LogP) is 3.40. The van der Waals surface area contributed by atoms with E-state index >= 15 is 0 Å². The maximum Gasteiger partial charge on any atom is 0.107 e. The van der Waals surface area contributed by atoms with Gasteiger partial charge in [0, 0.05) is 18.5 Å². The lowest BCUT2D eigenvalue weighted by molar-refractivity contribution is 0.116. The van der Waals surface area contributed by atoms with Crippen molar-refractivity contribution in [3.63, 3.8) is 0 Å². The maximum absolute atomic E-state index is 5.68. The molecule has 1 heterocycles. The number of benzene rings is 1. The van der Waals surface area contributed by atoms with Gasteiger partial charge in [-0.05, 0) is 24.9 Å². The molecule has 4 heteroatoms. The highest BCUT2D eigenvalue weighted by Gasteiger charge is 2.01. The van der Waals surface area contributed by atoms with Crippen LogP contribution in [0.4, 0.5) is 0 Å². The molecule has 0 aliphatic carbocycles. The molecule has 0 saturated heterocycles. The van der Waals surface area contributed by atoms with Crippen molar-refractivity contribution in [3.05, 3.63) is 52.0 Å². The zero-order chi connectivity index (χ0) is 14.0. The normalized spacial score (nSPS) is 10.8. The third kappa shape index (κ3) is 5.41. The molecular formula is C16H22N2OS. The monoisotopic (exact) mass is 290 g/mol. The topological polar surface area (TPSA) is 34.2 Å². The fraction of sp³-hybridized carbons (Fsp3) is 0.438. The summed E-state index contributed by atoms with van der Waals surface area (Å²) in [6.07, 6.45) is 2.13. The van der Waals surface area contributed by atoms with E-state index in [9.17, 15) is 0 Å². The van der Waals surface area contributed by atoms with Crippen LogP contribution in [-0.4, -0.2) is 18.1 Å². The van der Waals surface area contributed by atoms with E-state index in [4.69, 9.17) is 4.74 Å². The lowest BCUT2D eigenvalue weighted by Crippen LogP contribution is -2.11. The number of hydrogen-bond donors (Lipinski definition) is 1. The van der Waals surface area contributed by atoms with Gasteiger partial charge in [0.1, 0.15) is 5.01 Å². The van der Waals surface area contributed by atoms with E-state index < -0.39 is 0 Å². The summed E-state index contributed by atoms with van der Waals surface area (Å²) >= 11 is 1.70. The molecule has 2 aromatic rings. The van der Waals surface area contributed by atoms with Crippen molar-refractivity contribution in [2.45, 2.75) is 32.9 Å². The molecule has 0 aliphatic rings. The lowest BCUT2D eigenvalue weighted by atomic mass is 10.1. The minimum absolute atomic E-state index is 0.622. The number of ether oxygens (including phenoxy) is 1. The van der Waals surface area contributed by atoms with E-state index in [1.807, 2.05) is 6.07 Å². The second-order valence-corrected chi connectivity index (χ2v) is 5.60. The SMILES string of the molecule is CCNCc1nc(COCCCc2ccccc2)cs1. The number of hydrogen-bond acceptors (Lipinski definition) is 4. The smallest absolute Gasteiger partial charge is 0.107 e. The first-order chi connectivity index (χ1) is 9.88. The first-order valence-electron chi connectivity index (χ1n) is 7.14. The second kappa shape index (κ2) is 8.84. The predicted molar refractivity (Wildman–Crippen MR) is 83.9 cm³/mol. The number of aromatic nitrogens is 1. The zero-order valence-electron chi connectivity index (χ0n) is 12.0. The fourth-order valence-corrected chi connectivity index (χ4v) is 2.68. The Balaban J connectivity index is 1.60. The number of thiazole rings is 1. The molecule has 0 unspecified atom stereocenters. The quantitative estimate of drug-likeness (QED) is 0.719. The Morgan fingerprint density at radius 2 is 2.10 bits per heavy atom. The van der Waals surface area contributed by atoms with Gasteiger partial charge in [-0.3, -0.25) is 0 Å². The molecule has 0 radical (unpaired) electrons. The number of nitrogens with zero attached hydrogens (tertiary/aromatic N) is 1. The molecule has 0 fully saturated rings. The van der Waals surface area contributed by atoms with Crippen molar-refractivity contribution in [2.75, 3.05) is 13.2 Å². The number of aryl methyl sites for hydroxylation is 1. The molecule has 0 atom stereocenters. The van der Waals surface area contributed by atoms with E-state index in [1.54, 1.807) is 11.3 Å². The fourth-order valence-electron chi connectivity index (χ4n) is 1.93. The van der Waals surface area contributed by atoms with Gasteiger partial charge in [0.25, 0.3) is 0 Å². The van der Waals surface area contributed by atoms with Gasteiger partial charge in [0.2, 0.25) is 0 Å². The van der Waals surface area contributed by atoms with Crippen LogP contribution in [0.1, 0.15) is 29.6 Å². The highest BCUT2D eigenvalue weighted by Crippen LogP contribution is 2.11. The van der Waals surface area contributed by atoms with E-state index in [0.717, 1.165) is 43.2 Å². The second-order valence-electron chi connectivity index (χ2n) is 4.65. The Morgan fingerprint density at radius 3 is 2.90 bits per heavy atom. The number of rotatable bonds is 9. The zero-order valence-corrected chi connectivity index (χ0v) is 12.8. The molecule has 0 bridgehead atoms. The van der Waals surface area contributed by atoms with Gasteiger partial charge in [-0.25, -0.2) is 4.98 Å². The molecule has 0 amide bonds. The van der Waals surface area contributed by atoms with Crippen LogP contribution in [0.5, 0.6) is 0 Å². The third-order valence-corrected chi connectivity index (χ3v) is 3.87. The highest BCUT2D eigenvalue weighted by molar-refractivity contribution is 7.09. The van der Waals surface area contributed by atoms with Gasteiger partial charge in [-0.1, -0.05) is 37.3 Å². The van der Waals surface area contributed by atoms with Gasteiger partial charge >= 0.3 is 0 Å². The Kier molecular flexibility index (Phi) is 6.71. The van der Waals surface area contributed by atoms with Crippen LogP contribution in [-0.2, 0) is 24.3 Å². The average molecular weight is 290 g/mol. The Labute approximate surface area is 125 Å². The third-order valence-electron chi connectivity index (χ3n) is 2.97. The summed E-state index contributed by atoms with van der Waals surface area (Å²) in [6.45, 7) is 5.34. The Hall–Kier alpha value is -1.23. The van der Waals surface area contributed by atoms with Crippen LogP contribution in [0.3, 0.4) is 0 Å². The van der Waals surface area contributed by atoms with Crippen molar-refractivity contribution < 1.29 is 4.74 Å². The Bertz CT molecular complexity index is 484. The summed E-state index contributed by atoms with van der Waals surface area (Å²) in [4.78, 5) is 4.53. The molecule has 1 aromatic heterocycles. The van der Waals surface area contributed by atoms with Crippen LogP contribution < -0.4 is 5.32 Å². The van der Waals surface area contributed by atoms with E-state index in [-0.39, 0.29) is 0 Å². The molecule has 3 nitrogen and oxygen atoms in total. The lowest BCUT2D eigenvalue weighted by Gasteiger charge is -2.03.